The van der Waals surface area contributed by atoms with Crippen LogP contribution in [0.5, 0.6) is 0 Å². The lowest BCUT2D eigenvalue weighted by atomic mass is 9.98. The van der Waals surface area contributed by atoms with Crippen LogP contribution in [-0.2, 0) is 14.2 Å². The second-order valence-electron chi connectivity index (χ2n) is 4.67. The van der Waals surface area contributed by atoms with Crippen molar-refractivity contribution in [3.05, 3.63) is 0 Å². The summed E-state index contributed by atoms with van der Waals surface area (Å²) < 4.78 is 16.9. The molecule has 4 heteroatoms. The van der Waals surface area contributed by atoms with E-state index in [2.05, 4.69) is 0 Å². The highest BCUT2D eigenvalue weighted by Gasteiger charge is 2.53. The molecule has 82 valence electrons. The van der Waals surface area contributed by atoms with E-state index in [1.54, 1.807) is 6.92 Å². The van der Waals surface area contributed by atoms with Gasteiger partial charge in [0, 0.05) is 5.92 Å². The van der Waals surface area contributed by atoms with Crippen LogP contribution >= 0.6 is 0 Å². The topological polar surface area (TPSA) is 47.9 Å². The summed E-state index contributed by atoms with van der Waals surface area (Å²) in [6, 6.07) is 0. The van der Waals surface area contributed by atoms with Gasteiger partial charge in [-0.2, -0.15) is 0 Å². The van der Waals surface area contributed by atoms with Crippen LogP contribution in [0.4, 0.5) is 0 Å². The standard InChI is InChI=1S/C10H18O4/c1-5-7(6(2)11)12-9-8(5)13-10(3,4)14-9/h5-9,11H,1-4H3/t5-,6-,7+,8-,9-/m1/s1. The first-order valence-corrected chi connectivity index (χ1v) is 5.10. The highest BCUT2D eigenvalue weighted by Crippen LogP contribution is 2.41. The Kier molecular flexibility index (Phi) is 2.34. The molecule has 0 aromatic rings. The number of ether oxygens (including phenoxy) is 3. The van der Waals surface area contributed by atoms with E-state index in [0.29, 0.717) is 0 Å². The number of hydrogen-bond acceptors (Lipinski definition) is 4. The van der Waals surface area contributed by atoms with Crippen molar-refractivity contribution in [2.75, 3.05) is 0 Å². The minimum absolute atomic E-state index is 0.0513. The fraction of sp³-hybridized carbons (Fsp3) is 1.00. The zero-order valence-electron chi connectivity index (χ0n) is 9.06. The van der Waals surface area contributed by atoms with Gasteiger partial charge >= 0.3 is 0 Å². The van der Waals surface area contributed by atoms with Crippen LogP contribution in [0.2, 0.25) is 0 Å². The molecule has 0 bridgehead atoms. The molecule has 2 rings (SSSR count). The average molecular weight is 202 g/mol. The van der Waals surface area contributed by atoms with Crippen LogP contribution in [0.1, 0.15) is 27.7 Å². The van der Waals surface area contributed by atoms with Crippen LogP contribution in [0.15, 0.2) is 0 Å². The number of aliphatic hydroxyl groups is 1. The van der Waals surface area contributed by atoms with E-state index in [4.69, 9.17) is 14.2 Å². The van der Waals surface area contributed by atoms with Gasteiger partial charge in [0.25, 0.3) is 0 Å². The largest absolute Gasteiger partial charge is 0.391 e. The van der Waals surface area contributed by atoms with Crippen LogP contribution in [0.25, 0.3) is 0 Å². The highest BCUT2D eigenvalue weighted by molar-refractivity contribution is 4.92. The van der Waals surface area contributed by atoms with E-state index in [0.717, 1.165) is 0 Å². The molecule has 0 amide bonds. The molecule has 2 fully saturated rings. The molecule has 14 heavy (non-hydrogen) atoms. The van der Waals surface area contributed by atoms with E-state index in [9.17, 15) is 5.11 Å². The van der Waals surface area contributed by atoms with Crippen LogP contribution in [0, 0.1) is 5.92 Å². The molecule has 0 unspecified atom stereocenters. The van der Waals surface area contributed by atoms with E-state index < -0.39 is 11.9 Å². The SMILES string of the molecule is C[C@H]1[C@H]2OC(C)(C)O[C@H]2O[C@@H]1[C@@H](C)O. The van der Waals surface area contributed by atoms with Gasteiger partial charge in [0.2, 0.25) is 0 Å². The van der Waals surface area contributed by atoms with E-state index in [-0.39, 0.29) is 24.4 Å². The summed E-state index contributed by atoms with van der Waals surface area (Å²) in [6.45, 7) is 7.50. The Labute approximate surface area is 84.1 Å². The van der Waals surface area contributed by atoms with Crippen molar-refractivity contribution in [2.24, 2.45) is 5.92 Å². The first kappa shape index (κ1) is 10.4. The third-order valence-corrected chi connectivity index (χ3v) is 2.89. The van der Waals surface area contributed by atoms with Gasteiger partial charge in [0.15, 0.2) is 12.1 Å². The van der Waals surface area contributed by atoms with Crippen molar-refractivity contribution < 1.29 is 19.3 Å². The van der Waals surface area contributed by atoms with Gasteiger partial charge in [-0.15, -0.1) is 0 Å². The molecule has 0 aliphatic carbocycles. The van der Waals surface area contributed by atoms with Gasteiger partial charge in [-0.3, -0.25) is 0 Å². The predicted octanol–water partition coefficient (Wildman–Crippen LogP) is 0.880. The molecular formula is C10H18O4. The third kappa shape index (κ3) is 1.56. The fourth-order valence-electron chi connectivity index (χ4n) is 2.24. The maximum Gasteiger partial charge on any atom is 0.187 e. The van der Waals surface area contributed by atoms with E-state index in [1.807, 2.05) is 20.8 Å². The Hall–Kier alpha value is -0.160. The number of rotatable bonds is 1. The maximum absolute atomic E-state index is 9.47. The molecule has 0 saturated carbocycles. The van der Waals surface area contributed by atoms with Crippen molar-refractivity contribution in [2.45, 2.75) is 58.1 Å². The van der Waals surface area contributed by atoms with Crippen LogP contribution in [0.3, 0.4) is 0 Å². The second-order valence-corrected chi connectivity index (χ2v) is 4.67. The molecule has 2 saturated heterocycles. The number of hydrogen-bond donors (Lipinski definition) is 1. The van der Waals surface area contributed by atoms with Crippen molar-refractivity contribution >= 4 is 0 Å². The predicted molar refractivity (Wildman–Crippen MR) is 49.5 cm³/mol. The van der Waals surface area contributed by atoms with Gasteiger partial charge in [-0.05, 0) is 20.8 Å². The van der Waals surface area contributed by atoms with Gasteiger partial charge in [0.05, 0.1) is 12.2 Å². The lowest BCUT2D eigenvalue weighted by molar-refractivity contribution is -0.218. The average Bonchev–Trinajstić information content (AvgIpc) is 2.46. The number of aliphatic hydroxyl groups excluding tert-OH is 1. The fourth-order valence-corrected chi connectivity index (χ4v) is 2.24. The summed E-state index contributed by atoms with van der Waals surface area (Å²) in [4.78, 5) is 0. The summed E-state index contributed by atoms with van der Waals surface area (Å²) in [5.74, 6) is -0.394. The quantitative estimate of drug-likeness (QED) is 0.685. The second kappa shape index (κ2) is 3.17. The molecule has 4 nitrogen and oxygen atoms in total. The highest BCUT2D eigenvalue weighted by atomic mass is 16.8. The van der Waals surface area contributed by atoms with E-state index >= 15 is 0 Å². The van der Waals surface area contributed by atoms with Crippen molar-refractivity contribution in [3.8, 4) is 0 Å². The molecule has 1 N–H and O–H groups in total. The first-order valence-electron chi connectivity index (χ1n) is 5.10. The normalized spacial score (nSPS) is 47.8. The molecule has 2 aliphatic rings. The Morgan fingerprint density at radius 3 is 2.43 bits per heavy atom. The Morgan fingerprint density at radius 2 is 1.93 bits per heavy atom. The Morgan fingerprint density at radius 1 is 1.29 bits per heavy atom. The van der Waals surface area contributed by atoms with Gasteiger partial charge in [-0.1, -0.05) is 6.92 Å². The van der Waals surface area contributed by atoms with E-state index in [1.165, 1.54) is 0 Å². The molecule has 0 radical (unpaired) electrons. The molecule has 2 heterocycles. The molecule has 0 spiro atoms. The van der Waals surface area contributed by atoms with Crippen molar-refractivity contribution in [3.63, 3.8) is 0 Å². The molecular weight excluding hydrogens is 184 g/mol. The summed E-state index contributed by atoms with van der Waals surface area (Å²) in [5.41, 5.74) is 0. The zero-order chi connectivity index (χ0) is 10.5. The van der Waals surface area contributed by atoms with Crippen molar-refractivity contribution in [1.29, 1.82) is 0 Å². The molecule has 5 atom stereocenters. The number of fused-ring (bicyclic) bond motifs is 1. The lowest BCUT2D eigenvalue weighted by Crippen LogP contribution is -2.34. The minimum Gasteiger partial charge on any atom is -0.391 e. The smallest absolute Gasteiger partial charge is 0.187 e. The summed E-state index contributed by atoms with van der Waals surface area (Å²) in [7, 11) is 0. The van der Waals surface area contributed by atoms with Crippen LogP contribution in [-0.4, -0.2) is 35.5 Å². The molecule has 0 aromatic carbocycles. The third-order valence-electron chi connectivity index (χ3n) is 2.89. The first-order chi connectivity index (χ1) is 6.41. The summed E-state index contributed by atoms with van der Waals surface area (Å²) in [6.07, 6.45) is -1.03. The Balaban J connectivity index is 2.08. The van der Waals surface area contributed by atoms with Gasteiger partial charge in [0.1, 0.15) is 6.10 Å². The van der Waals surface area contributed by atoms with Gasteiger partial charge in [-0.25, -0.2) is 0 Å². The van der Waals surface area contributed by atoms with Crippen LogP contribution < -0.4 is 0 Å². The maximum atomic E-state index is 9.47. The zero-order valence-corrected chi connectivity index (χ0v) is 9.06. The summed E-state index contributed by atoms with van der Waals surface area (Å²) in [5, 5.41) is 9.47. The molecule has 2 aliphatic heterocycles. The lowest BCUT2D eigenvalue weighted by Gasteiger charge is -2.24. The van der Waals surface area contributed by atoms with Gasteiger partial charge < -0.3 is 19.3 Å². The summed E-state index contributed by atoms with van der Waals surface area (Å²) >= 11 is 0. The molecule has 0 aromatic heterocycles. The monoisotopic (exact) mass is 202 g/mol. The Bertz CT molecular complexity index is 224. The minimum atomic E-state index is -0.562. The van der Waals surface area contributed by atoms with Crippen molar-refractivity contribution in [1.82, 2.24) is 0 Å².